The predicted molar refractivity (Wildman–Crippen MR) is 270 cm³/mol. The van der Waals surface area contributed by atoms with Crippen LogP contribution in [0.3, 0.4) is 0 Å². The van der Waals surface area contributed by atoms with Crippen LogP contribution in [0.5, 0.6) is 0 Å². The molecule has 0 unspecified atom stereocenters. The second-order valence-corrected chi connectivity index (χ2v) is 22.1. The highest BCUT2D eigenvalue weighted by molar-refractivity contribution is 7.82. The normalized spacial score (nSPS) is 25.6. The molecule has 11 atom stereocenters. The molecule has 0 radical (unpaired) electrons. The van der Waals surface area contributed by atoms with Gasteiger partial charge in [-0.1, -0.05) is 194 Å². The maximum absolute atomic E-state index is 13.8. The lowest BCUT2D eigenvalue weighted by molar-refractivity contribution is -0.373. The van der Waals surface area contributed by atoms with Crippen LogP contribution in [-0.4, -0.2) is 135 Å². The van der Waals surface area contributed by atoms with Gasteiger partial charge < -0.3 is 44.1 Å². The van der Waals surface area contributed by atoms with Gasteiger partial charge in [0.2, 0.25) is 6.29 Å². The van der Waals surface area contributed by atoms with Crippen LogP contribution in [0.2, 0.25) is 0 Å². The lowest BCUT2D eigenvalue weighted by Gasteiger charge is -2.46. The minimum atomic E-state index is -5.52. The molecule has 19 nitrogen and oxygen atoms in total. The Morgan fingerprint density at radius 3 is 1.39 bits per heavy atom. The van der Waals surface area contributed by atoms with Crippen molar-refractivity contribution in [3.63, 3.8) is 0 Å². The summed E-state index contributed by atoms with van der Waals surface area (Å²) in [5, 5.41) is 42.8. The van der Waals surface area contributed by atoms with Crippen molar-refractivity contribution in [2.75, 3.05) is 20.3 Å². The van der Waals surface area contributed by atoms with E-state index in [1.54, 1.807) is 6.08 Å². The highest BCUT2D eigenvalue weighted by Crippen LogP contribution is 2.35. The number of allylic oxidation sites excluding steroid dienone is 1. The molecule has 21 heteroatoms. The van der Waals surface area contributed by atoms with E-state index < -0.39 is 107 Å². The van der Waals surface area contributed by atoms with Gasteiger partial charge in [0.15, 0.2) is 24.6 Å². The number of rotatable bonds is 42. The van der Waals surface area contributed by atoms with E-state index in [1.165, 1.54) is 122 Å². The number of aliphatic hydroxyl groups excluding tert-OH is 4. The van der Waals surface area contributed by atoms with Crippen LogP contribution in [0.25, 0.3) is 0 Å². The first-order valence-electron chi connectivity index (χ1n) is 27.2. The molecule has 0 amide bonds. The van der Waals surface area contributed by atoms with E-state index in [0.29, 0.717) is 20.0 Å². The molecular weight excluding hydrogens is 981 g/mol. The Balaban J connectivity index is 2.22. The summed E-state index contributed by atoms with van der Waals surface area (Å²) in [6.45, 7) is 5.99. The molecule has 5 N–H and O–H groups in total. The molecule has 424 valence electrons. The standard InChI is InChI=1S/C51H94O19S2/c1-6-8-10-12-14-16-18-20-22-23-25-27-29-31-33-38(3)35-39(4)49(57)67-45-43(55)40(36-52)64-50(47(45)66-42(54)34-32-30-28-26-24-21-19-17-15-13-11-9-7-2)68-51-48(69-71(58,59)60)46(70-72(61,62)63-5)44(56)41(37-53)65-51/h35,38,40-41,43-48,50-53,55-56H,6-34,36-37H2,1-5H3,(H,58,59,60)/b39-35+/t38-,40+,41+,43+,44+,45-,46-,47+,48+,50+,51+/m0/s1. The smallest absolute Gasteiger partial charge is 0.400 e. The average Bonchev–Trinajstić information content (AvgIpc) is 3.33. The average molecular weight is 1080 g/mol. The summed E-state index contributed by atoms with van der Waals surface area (Å²) in [6.07, 6.45) is 13.6. The molecule has 2 aliphatic rings. The Morgan fingerprint density at radius 1 is 0.569 bits per heavy atom. The zero-order chi connectivity index (χ0) is 53.4. The molecule has 2 fully saturated rings. The second kappa shape index (κ2) is 37.8. The summed E-state index contributed by atoms with van der Waals surface area (Å²) >= 11 is 0. The minimum Gasteiger partial charge on any atom is -0.453 e. The van der Waals surface area contributed by atoms with E-state index in [1.807, 2.05) is 6.92 Å². The van der Waals surface area contributed by atoms with Gasteiger partial charge in [-0.25, -0.2) is 13.2 Å². The fourth-order valence-electron chi connectivity index (χ4n) is 9.18. The number of carbonyl (C=O) groups is 2. The summed E-state index contributed by atoms with van der Waals surface area (Å²) < 4.78 is 102. The van der Waals surface area contributed by atoms with Crippen LogP contribution in [0.4, 0.5) is 0 Å². The SMILES string of the molecule is CCCCCCCCCCCCCCCC[C@H](C)/C=C(\C)C(=O)O[C@H]1[C@H](O)[C@@H](CO)O[C@H](O[C@H]2O[C@H](CO)[C@@H](O)[C@H](OS(=O)(=O)OC)[C@H]2OS(=O)(=O)O)[C@@H]1OC(=O)CCCCCCCCCCCCCCC. The van der Waals surface area contributed by atoms with E-state index in [9.17, 15) is 51.4 Å². The number of esters is 2. The van der Waals surface area contributed by atoms with Gasteiger partial charge in [-0.05, 0) is 25.7 Å². The topological polar surface area (TPSA) is 277 Å². The van der Waals surface area contributed by atoms with Crippen molar-refractivity contribution in [3.05, 3.63) is 11.6 Å². The van der Waals surface area contributed by atoms with Crippen LogP contribution in [0, 0.1) is 5.92 Å². The van der Waals surface area contributed by atoms with E-state index in [4.69, 9.17) is 32.1 Å². The summed E-state index contributed by atoms with van der Waals surface area (Å²) in [6, 6.07) is 0. The van der Waals surface area contributed by atoms with E-state index in [-0.39, 0.29) is 17.9 Å². The van der Waals surface area contributed by atoms with Crippen molar-refractivity contribution in [2.24, 2.45) is 5.92 Å². The third-order valence-corrected chi connectivity index (χ3v) is 14.7. The van der Waals surface area contributed by atoms with Gasteiger partial charge in [-0.3, -0.25) is 13.5 Å². The Hall–Kier alpha value is -1.86. The lowest BCUT2D eigenvalue weighted by Crippen LogP contribution is -2.66. The van der Waals surface area contributed by atoms with Gasteiger partial charge in [0, 0.05) is 12.0 Å². The molecule has 0 saturated carbocycles. The fraction of sp³-hybridized carbons (Fsp3) is 0.922. The molecule has 72 heavy (non-hydrogen) atoms. The quantitative estimate of drug-likeness (QED) is 0.0166. The monoisotopic (exact) mass is 1070 g/mol. The van der Waals surface area contributed by atoms with Crippen LogP contribution in [0.15, 0.2) is 11.6 Å². The molecule has 0 aromatic carbocycles. The van der Waals surface area contributed by atoms with Crippen LogP contribution < -0.4 is 0 Å². The van der Waals surface area contributed by atoms with Crippen molar-refractivity contribution in [1.82, 2.24) is 0 Å². The van der Waals surface area contributed by atoms with Gasteiger partial charge in [-0.15, -0.1) is 0 Å². The van der Waals surface area contributed by atoms with Gasteiger partial charge >= 0.3 is 32.7 Å². The van der Waals surface area contributed by atoms with E-state index >= 15 is 0 Å². The summed E-state index contributed by atoms with van der Waals surface area (Å²) in [5.74, 6) is -1.75. The maximum Gasteiger partial charge on any atom is 0.400 e. The fourth-order valence-corrected chi connectivity index (χ4v) is 10.2. The number of unbranched alkanes of at least 4 members (excludes halogenated alkanes) is 25. The predicted octanol–water partition coefficient (Wildman–Crippen LogP) is 8.38. The number of ether oxygens (including phenoxy) is 5. The molecule has 2 aliphatic heterocycles. The second-order valence-electron chi connectivity index (χ2n) is 19.7. The molecule has 0 bridgehead atoms. The van der Waals surface area contributed by atoms with E-state index in [0.717, 1.165) is 51.4 Å². The van der Waals surface area contributed by atoms with Crippen molar-refractivity contribution >= 4 is 32.7 Å². The number of aliphatic hydroxyl groups is 4. The summed E-state index contributed by atoms with van der Waals surface area (Å²) in [5.41, 5.74) is 0.179. The Bertz CT molecular complexity index is 1700. The van der Waals surface area contributed by atoms with Crippen molar-refractivity contribution in [1.29, 1.82) is 0 Å². The van der Waals surface area contributed by atoms with Crippen LogP contribution >= 0.6 is 0 Å². The Morgan fingerprint density at radius 2 is 0.972 bits per heavy atom. The minimum absolute atomic E-state index is 0.0280. The van der Waals surface area contributed by atoms with E-state index in [2.05, 4.69) is 18.0 Å². The molecule has 0 aromatic rings. The highest BCUT2D eigenvalue weighted by Gasteiger charge is 2.56. The molecule has 2 heterocycles. The number of hydrogen-bond acceptors (Lipinski definition) is 18. The van der Waals surface area contributed by atoms with Gasteiger partial charge in [0.25, 0.3) is 0 Å². The number of carbonyl (C=O) groups excluding carboxylic acids is 2. The molecule has 2 rings (SSSR count). The van der Waals surface area contributed by atoms with Gasteiger partial charge in [-0.2, -0.15) is 16.8 Å². The molecular formula is C51H94O19S2. The Kier molecular flexibility index (Phi) is 34.8. The van der Waals surface area contributed by atoms with Crippen molar-refractivity contribution in [3.8, 4) is 0 Å². The van der Waals surface area contributed by atoms with Crippen molar-refractivity contribution in [2.45, 2.75) is 275 Å². The van der Waals surface area contributed by atoms with Crippen molar-refractivity contribution < 1.29 is 87.6 Å². The van der Waals surface area contributed by atoms with Gasteiger partial charge in [0.05, 0.1) is 20.3 Å². The highest BCUT2D eigenvalue weighted by atomic mass is 32.3. The molecule has 2 saturated heterocycles. The first-order chi connectivity index (χ1) is 34.4. The molecule has 0 spiro atoms. The zero-order valence-electron chi connectivity index (χ0n) is 44.1. The zero-order valence-corrected chi connectivity index (χ0v) is 45.7. The lowest BCUT2D eigenvalue weighted by atomic mass is 9.97. The Labute approximate surface area is 432 Å². The molecule has 0 aliphatic carbocycles. The third-order valence-electron chi connectivity index (χ3n) is 13.4. The first-order valence-corrected chi connectivity index (χ1v) is 29.9. The summed E-state index contributed by atoms with van der Waals surface area (Å²) in [7, 11) is -9.82. The van der Waals surface area contributed by atoms with Crippen LogP contribution in [0.1, 0.15) is 214 Å². The van der Waals surface area contributed by atoms with Gasteiger partial charge in [0.1, 0.15) is 30.5 Å². The largest absolute Gasteiger partial charge is 0.453 e. The molecule has 0 aromatic heterocycles. The maximum atomic E-state index is 13.8. The number of hydrogen-bond donors (Lipinski definition) is 5. The van der Waals surface area contributed by atoms with Crippen LogP contribution in [-0.2, 0) is 66.6 Å². The first kappa shape index (κ1) is 66.3. The third kappa shape index (κ3) is 27.3. The summed E-state index contributed by atoms with van der Waals surface area (Å²) in [4.78, 5) is 27.4.